The first-order chi connectivity index (χ1) is 27.7. The van der Waals surface area contributed by atoms with E-state index in [0.717, 1.165) is 37.7 Å². The summed E-state index contributed by atoms with van der Waals surface area (Å²) in [5.74, 6) is 0.495. The van der Waals surface area contributed by atoms with Crippen molar-refractivity contribution in [2.24, 2.45) is 5.92 Å². The van der Waals surface area contributed by atoms with E-state index in [4.69, 9.17) is 4.74 Å². The Balaban J connectivity index is 1.07. The second-order valence-electron chi connectivity index (χ2n) is 17.5. The highest BCUT2D eigenvalue weighted by molar-refractivity contribution is 6.05. The van der Waals surface area contributed by atoms with Gasteiger partial charge >= 0.3 is 5.97 Å². The Morgan fingerprint density at radius 2 is 1.00 bits per heavy atom. The molecule has 1 aliphatic heterocycles. The number of ether oxygens (including phenoxy) is 1. The highest BCUT2D eigenvalue weighted by atomic mass is 16.5. The van der Waals surface area contributed by atoms with Gasteiger partial charge < -0.3 is 9.64 Å². The Bertz CT molecular complexity index is 1420. The van der Waals surface area contributed by atoms with Gasteiger partial charge in [-0.15, -0.1) is 0 Å². The highest BCUT2D eigenvalue weighted by Crippen LogP contribution is 2.31. The molecule has 1 heterocycles. The molecule has 3 nitrogen and oxygen atoms in total. The van der Waals surface area contributed by atoms with Gasteiger partial charge in [0.2, 0.25) is 0 Å². The average molecular weight is 766 g/mol. The van der Waals surface area contributed by atoms with Gasteiger partial charge in [0.15, 0.2) is 0 Å². The van der Waals surface area contributed by atoms with E-state index in [0.29, 0.717) is 18.1 Å². The zero-order valence-electron chi connectivity index (χ0n) is 36.4. The number of carbonyl (C=O) groups is 1. The van der Waals surface area contributed by atoms with E-state index < -0.39 is 0 Å². The molecule has 1 saturated heterocycles. The van der Waals surface area contributed by atoms with Crippen molar-refractivity contribution in [3.63, 3.8) is 0 Å². The first-order valence-corrected chi connectivity index (χ1v) is 24.2. The molecule has 1 aliphatic rings. The molecule has 0 spiro atoms. The van der Waals surface area contributed by atoms with E-state index in [1.165, 1.54) is 196 Å². The molecular weight excluding hydrogens is 683 g/mol. The van der Waals surface area contributed by atoms with Crippen molar-refractivity contribution in [1.82, 2.24) is 0 Å². The molecule has 1 fully saturated rings. The summed E-state index contributed by atoms with van der Waals surface area (Å²) >= 11 is 0. The first-order valence-electron chi connectivity index (χ1n) is 24.2. The third-order valence-corrected chi connectivity index (χ3v) is 12.7. The van der Waals surface area contributed by atoms with Crippen LogP contribution in [0.5, 0.6) is 0 Å². The fourth-order valence-electron chi connectivity index (χ4n) is 9.01. The molecule has 0 aromatic heterocycles. The lowest BCUT2D eigenvalue weighted by atomic mass is 9.87. The molecule has 3 aromatic carbocycles. The number of rotatable bonds is 32. The Labute approximate surface area is 345 Å². The topological polar surface area (TPSA) is 29.5 Å². The van der Waals surface area contributed by atoms with Crippen LogP contribution < -0.4 is 4.90 Å². The predicted octanol–water partition coefficient (Wildman–Crippen LogP) is 16.2. The minimum absolute atomic E-state index is 0.170. The fraction of sp³-hybridized carbons (Fsp3) is 0.679. The molecule has 3 aromatic rings. The normalized spacial score (nSPS) is 13.5. The summed E-state index contributed by atoms with van der Waals surface area (Å²) in [5, 5.41) is 2.25. The smallest absolute Gasteiger partial charge is 0.338 e. The van der Waals surface area contributed by atoms with Crippen LogP contribution >= 0.6 is 0 Å². The van der Waals surface area contributed by atoms with Gasteiger partial charge in [0.1, 0.15) is 0 Å². The zero-order valence-corrected chi connectivity index (χ0v) is 36.4. The maximum Gasteiger partial charge on any atom is 0.338 e. The Hall–Kier alpha value is -2.81. The van der Waals surface area contributed by atoms with Gasteiger partial charge in [-0.25, -0.2) is 4.79 Å². The zero-order chi connectivity index (χ0) is 39.3. The minimum Gasteiger partial charge on any atom is -0.462 e. The first kappa shape index (κ1) is 45.9. The number of anilines is 1. The summed E-state index contributed by atoms with van der Waals surface area (Å²) in [5.41, 5.74) is 4.95. The van der Waals surface area contributed by atoms with Crippen LogP contribution in [-0.4, -0.2) is 25.7 Å². The molecule has 0 radical (unpaired) electrons. The second kappa shape index (κ2) is 29.4. The molecule has 0 N–H and O–H groups in total. The van der Waals surface area contributed by atoms with Crippen LogP contribution in [0.1, 0.15) is 215 Å². The summed E-state index contributed by atoms with van der Waals surface area (Å²) < 4.78 is 5.81. The molecule has 0 aliphatic carbocycles. The van der Waals surface area contributed by atoms with Gasteiger partial charge in [0.05, 0.1) is 12.2 Å². The molecule has 0 amide bonds. The van der Waals surface area contributed by atoms with Crippen LogP contribution in [-0.2, 0) is 17.6 Å². The fourth-order valence-corrected chi connectivity index (χ4v) is 9.01. The van der Waals surface area contributed by atoms with Crippen molar-refractivity contribution in [3.05, 3.63) is 77.4 Å². The molecule has 0 saturated carbocycles. The van der Waals surface area contributed by atoms with Gasteiger partial charge in [-0.05, 0) is 84.5 Å². The Morgan fingerprint density at radius 3 is 1.52 bits per heavy atom. The summed E-state index contributed by atoms with van der Waals surface area (Å²) in [6.45, 7) is 7.34. The van der Waals surface area contributed by atoms with E-state index in [-0.39, 0.29) is 5.97 Å². The summed E-state index contributed by atoms with van der Waals surface area (Å²) in [6, 6.07) is 22.2. The van der Waals surface area contributed by atoms with Gasteiger partial charge in [-0.1, -0.05) is 210 Å². The van der Waals surface area contributed by atoms with Crippen molar-refractivity contribution < 1.29 is 9.53 Å². The van der Waals surface area contributed by atoms with Crippen LogP contribution in [0.2, 0.25) is 0 Å². The van der Waals surface area contributed by atoms with Crippen molar-refractivity contribution in [1.29, 1.82) is 0 Å². The van der Waals surface area contributed by atoms with Gasteiger partial charge in [-0.2, -0.15) is 0 Å². The van der Waals surface area contributed by atoms with Gasteiger partial charge in [0, 0.05) is 18.8 Å². The van der Waals surface area contributed by atoms with Crippen LogP contribution in [0.15, 0.2) is 60.7 Å². The lowest BCUT2D eigenvalue weighted by Crippen LogP contribution is -2.34. The maximum absolute atomic E-state index is 13.2. The van der Waals surface area contributed by atoms with Crippen molar-refractivity contribution in [2.75, 3.05) is 24.6 Å². The van der Waals surface area contributed by atoms with Crippen molar-refractivity contribution in [2.45, 2.75) is 206 Å². The monoisotopic (exact) mass is 766 g/mol. The Morgan fingerprint density at radius 1 is 0.536 bits per heavy atom. The van der Waals surface area contributed by atoms with E-state index in [1.54, 1.807) is 0 Å². The van der Waals surface area contributed by atoms with E-state index in [2.05, 4.69) is 73.3 Å². The van der Waals surface area contributed by atoms with Crippen LogP contribution in [0, 0.1) is 5.92 Å². The van der Waals surface area contributed by atoms with E-state index in [9.17, 15) is 4.79 Å². The lowest BCUT2D eigenvalue weighted by molar-refractivity contribution is 0.0500. The Kier molecular flexibility index (Phi) is 24.1. The second-order valence-corrected chi connectivity index (χ2v) is 17.5. The summed E-state index contributed by atoms with van der Waals surface area (Å²) in [7, 11) is 0. The lowest BCUT2D eigenvalue weighted by Gasteiger charge is -2.34. The number of fused-ring (bicyclic) bond motifs is 1. The number of hydrogen-bond donors (Lipinski definition) is 0. The highest BCUT2D eigenvalue weighted by Gasteiger charge is 2.22. The standard InChI is InChI=1S/C53H83NO2/c1-3-5-7-9-11-13-15-16-17-18-19-20-22-24-26-30-44-56-53(55)52-39-36-48(50-32-28-29-33-51(50)52)45-47-40-42-54(43-41-47)49-37-34-46(35-38-49)31-27-25-23-21-14-12-10-8-6-4-2/h28-29,32-39,47H,3-27,30-31,40-45H2,1-2H3. The number of unbranched alkanes of at least 4 members (excludes halogenated alkanes) is 24. The quantitative estimate of drug-likeness (QED) is 0.0468. The molecule has 0 atom stereocenters. The average Bonchev–Trinajstić information content (AvgIpc) is 3.23. The van der Waals surface area contributed by atoms with Crippen molar-refractivity contribution in [3.8, 4) is 0 Å². The molecule has 4 rings (SSSR count). The molecule has 56 heavy (non-hydrogen) atoms. The number of aryl methyl sites for hydroxylation is 1. The molecule has 0 unspecified atom stereocenters. The van der Waals surface area contributed by atoms with E-state index in [1.807, 2.05) is 6.07 Å². The maximum atomic E-state index is 13.2. The largest absolute Gasteiger partial charge is 0.462 e. The number of esters is 1. The van der Waals surface area contributed by atoms with Crippen LogP contribution in [0.25, 0.3) is 10.8 Å². The molecule has 312 valence electrons. The predicted molar refractivity (Wildman–Crippen MR) is 244 cm³/mol. The van der Waals surface area contributed by atoms with Gasteiger partial charge in [0.25, 0.3) is 0 Å². The van der Waals surface area contributed by atoms with E-state index >= 15 is 0 Å². The third-order valence-electron chi connectivity index (χ3n) is 12.7. The SMILES string of the molecule is CCCCCCCCCCCCCCCCCCOC(=O)c1ccc(CC2CCN(c3ccc(CCCCCCCCCCCC)cc3)CC2)c2ccccc12. The molecule has 0 bridgehead atoms. The van der Waals surface area contributed by atoms with Gasteiger partial charge in [-0.3, -0.25) is 0 Å². The number of piperidine rings is 1. The summed E-state index contributed by atoms with van der Waals surface area (Å²) in [6.07, 6.45) is 40.2. The number of carbonyl (C=O) groups excluding carboxylic acids is 1. The van der Waals surface area contributed by atoms with Crippen molar-refractivity contribution >= 4 is 22.4 Å². The third kappa shape index (κ3) is 18.2. The van der Waals surface area contributed by atoms with Crippen LogP contribution in [0.4, 0.5) is 5.69 Å². The minimum atomic E-state index is -0.170. The number of hydrogen-bond acceptors (Lipinski definition) is 3. The summed E-state index contributed by atoms with van der Waals surface area (Å²) in [4.78, 5) is 15.8. The molecular formula is C53H83NO2. The molecule has 3 heteroatoms. The van der Waals surface area contributed by atoms with Crippen LogP contribution in [0.3, 0.4) is 0 Å². The number of benzene rings is 3. The number of nitrogens with zero attached hydrogens (tertiary/aromatic N) is 1.